The molecule has 2 aromatic carbocycles. The van der Waals surface area contributed by atoms with E-state index >= 15 is 0 Å². The van der Waals surface area contributed by atoms with Crippen LogP contribution in [0.2, 0.25) is 0 Å². The fraction of sp³-hybridized carbons (Fsp3) is 0.105. The number of rotatable bonds is 7. The van der Waals surface area contributed by atoms with Gasteiger partial charge in [0, 0.05) is 15.6 Å². The van der Waals surface area contributed by atoms with Gasteiger partial charge in [-0.3, -0.25) is 10.1 Å². The zero-order chi connectivity index (χ0) is 22.7. The van der Waals surface area contributed by atoms with Crippen LogP contribution < -0.4 is 10.0 Å². The van der Waals surface area contributed by atoms with Gasteiger partial charge in [-0.25, -0.2) is 8.42 Å². The van der Waals surface area contributed by atoms with Crippen LogP contribution >= 0.6 is 27.3 Å². The summed E-state index contributed by atoms with van der Waals surface area (Å²) >= 11 is 4.10. The maximum absolute atomic E-state index is 12.5. The highest BCUT2D eigenvalue weighted by molar-refractivity contribution is 9.10. The predicted molar refractivity (Wildman–Crippen MR) is 121 cm³/mol. The van der Waals surface area contributed by atoms with Gasteiger partial charge in [-0.1, -0.05) is 62.8 Å². The summed E-state index contributed by atoms with van der Waals surface area (Å²) in [6, 6.07) is 14.3. The number of hydrogen-bond acceptors (Lipinski definition) is 9. The zero-order valence-electron chi connectivity index (χ0n) is 16.4. The Morgan fingerprint density at radius 1 is 1.16 bits per heavy atom. The highest BCUT2D eigenvalue weighted by atomic mass is 79.9. The molecule has 13 heteroatoms. The van der Waals surface area contributed by atoms with E-state index in [-0.39, 0.29) is 21.9 Å². The van der Waals surface area contributed by atoms with Crippen molar-refractivity contribution in [2.45, 2.75) is 17.8 Å². The molecule has 0 bridgehead atoms. The summed E-state index contributed by atoms with van der Waals surface area (Å²) in [6.07, 6.45) is 0. The van der Waals surface area contributed by atoms with Crippen LogP contribution in [0.1, 0.15) is 21.8 Å². The van der Waals surface area contributed by atoms with Crippen LogP contribution in [0.3, 0.4) is 0 Å². The van der Waals surface area contributed by atoms with Crippen LogP contribution in [-0.2, 0) is 16.6 Å². The van der Waals surface area contributed by atoms with Crippen LogP contribution in [0.15, 0.2) is 61.9 Å². The Kier molecular flexibility index (Phi) is 6.41. The van der Waals surface area contributed by atoms with Crippen LogP contribution in [0.4, 0.5) is 5.13 Å². The number of benzene rings is 2. The Morgan fingerprint density at radius 3 is 2.75 bits per heavy atom. The molecule has 0 atom stereocenters. The van der Waals surface area contributed by atoms with Crippen molar-refractivity contribution in [3.05, 3.63) is 70.0 Å². The second kappa shape index (κ2) is 9.24. The average molecular weight is 535 g/mol. The number of hydrogen-bond donors (Lipinski definition) is 2. The van der Waals surface area contributed by atoms with Gasteiger partial charge >= 0.3 is 0 Å². The number of amides is 1. The lowest BCUT2D eigenvalue weighted by Crippen LogP contribution is -2.23. The Labute approximate surface area is 195 Å². The smallest absolute Gasteiger partial charge is 0.270 e. The molecule has 0 radical (unpaired) electrons. The third-order valence-electron chi connectivity index (χ3n) is 4.21. The number of carbonyl (C=O) groups is 1. The second-order valence-electron chi connectivity index (χ2n) is 6.49. The zero-order valence-corrected chi connectivity index (χ0v) is 19.7. The van der Waals surface area contributed by atoms with Crippen molar-refractivity contribution < 1.29 is 17.7 Å². The van der Waals surface area contributed by atoms with E-state index in [0.29, 0.717) is 11.4 Å². The Balaban J connectivity index is 1.41. The first-order valence-electron chi connectivity index (χ1n) is 9.10. The van der Waals surface area contributed by atoms with Gasteiger partial charge in [0.05, 0.1) is 6.54 Å². The molecule has 2 heterocycles. The van der Waals surface area contributed by atoms with Gasteiger partial charge in [0.25, 0.3) is 15.9 Å². The van der Waals surface area contributed by atoms with Crippen LogP contribution in [0.25, 0.3) is 11.4 Å². The van der Waals surface area contributed by atoms with Crippen molar-refractivity contribution in [2.75, 3.05) is 5.32 Å². The van der Waals surface area contributed by atoms with E-state index in [0.717, 1.165) is 26.9 Å². The largest absolute Gasteiger partial charge is 0.338 e. The van der Waals surface area contributed by atoms with Crippen molar-refractivity contribution in [2.24, 2.45) is 0 Å². The molecule has 4 rings (SSSR count). The number of nitrogens with one attached hydrogen (secondary N) is 2. The first kappa shape index (κ1) is 22.2. The molecule has 4 aromatic rings. The third kappa shape index (κ3) is 5.07. The lowest BCUT2D eigenvalue weighted by molar-refractivity contribution is 0.102. The van der Waals surface area contributed by atoms with Crippen molar-refractivity contribution >= 4 is 48.3 Å². The molecular weight excluding hydrogens is 520 g/mol. The van der Waals surface area contributed by atoms with Crippen molar-refractivity contribution in [3.63, 3.8) is 0 Å². The van der Waals surface area contributed by atoms with E-state index in [9.17, 15) is 13.2 Å². The molecular formula is C19H15BrN6O4S2. The fourth-order valence-corrected chi connectivity index (χ4v) is 4.96. The van der Waals surface area contributed by atoms with Gasteiger partial charge in [-0.15, -0.1) is 10.2 Å². The summed E-state index contributed by atoms with van der Waals surface area (Å²) < 4.78 is 33.1. The number of halogens is 1. The average Bonchev–Trinajstić information content (AvgIpc) is 3.43. The van der Waals surface area contributed by atoms with E-state index in [4.69, 9.17) is 4.52 Å². The lowest BCUT2D eigenvalue weighted by atomic mass is 10.1. The Hall–Kier alpha value is -3.00. The standard InChI is InChI=1S/C19H15BrN6O4S2/c1-11-5-2-3-8-14(11)17(27)23-18-24-25-19(31-18)32(28,29)21-10-15-22-16(26-30-15)12-6-4-7-13(20)9-12/h2-9,21H,10H2,1H3,(H,23,24,27). The molecule has 0 saturated carbocycles. The van der Waals surface area contributed by atoms with Gasteiger partial charge in [0.2, 0.25) is 21.2 Å². The van der Waals surface area contributed by atoms with Gasteiger partial charge < -0.3 is 4.52 Å². The maximum atomic E-state index is 12.5. The molecule has 0 unspecified atom stereocenters. The predicted octanol–water partition coefficient (Wildman–Crippen LogP) is 3.39. The highest BCUT2D eigenvalue weighted by Crippen LogP contribution is 2.22. The summed E-state index contributed by atoms with van der Waals surface area (Å²) in [6.45, 7) is 1.57. The minimum Gasteiger partial charge on any atom is -0.338 e. The fourth-order valence-electron chi connectivity index (χ4n) is 2.65. The Bertz CT molecular complexity index is 1390. The molecule has 0 aliphatic carbocycles. The molecule has 2 aromatic heterocycles. The van der Waals surface area contributed by atoms with E-state index < -0.39 is 15.9 Å². The van der Waals surface area contributed by atoms with E-state index in [1.165, 1.54) is 0 Å². The molecule has 0 aliphatic heterocycles. The second-order valence-corrected chi connectivity index (χ2v) is 10.3. The number of nitrogens with zero attached hydrogens (tertiary/aromatic N) is 4. The van der Waals surface area contributed by atoms with E-state index in [1.54, 1.807) is 31.2 Å². The number of aryl methyl sites for hydroxylation is 1. The summed E-state index contributed by atoms with van der Waals surface area (Å²) in [4.78, 5) is 16.6. The van der Waals surface area contributed by atoms with Crippen molar-refractivity contribution in [3.8, 4) is 11.4 Å². The van der Waals surface area contributed by atoms with Crippen molar-refractivity contribution in [1.29, 1.82) is 0 Å². The van der Waals surface area contributed by atoms with E-state index in [1.807, 2.05) is 24.3 Å². The quantitative estimate of drug-likeness (QED) is 0.343. The highest BCUT2D eigenvalue weighted by Gasteiger charge is 2.22. The first-order chi connectivity index (χ1) is 15.3. The van der Waals surface area contributed by atoms with Gasteiger partial charge in [-0.2, -0.15) is 9.71 Å². The number of carbonyl (C=O) groups excluding carboxylic acids is 1. The molecule has 0 saturated heterocycles. The van der Waals surface area contributed by atoms with Crippen LogP contribution in [-0.4, -0.2) is 34.7 Å². The van der Waals surface area contributed by atoms with Crippen LogP contribution in [0, 0.1) is 6.92 Å². The molecule has 164 valence electrons. The van der Waals surface area contributed by atoms with E-state index in [2.05, 4.69) is 46.3 Å². The third-order valence-corrected chi connectivity index (χ3v) is 7.31. The van der Waals surface area contributed by atoms with Crippen molar-refractivity contribution in [1.82, 2.24) is 25.1 Å². The lowest BCUT2D eigenvalue weighted by Gasteiger charge is -2.04. The number of anilines is 1. The summed E-state index contributed by atoms with van der Waals surface area (Å²) in [5, 5.41) is 13.9. The molecule has 0 aliphatic rings. The summed E-state index contributed by atoms with van der Waals surface area (Å²) in [7, 11) is -4.00. The minimum absolute atomic E-state index is 0.0633. The monoisotopic (exact) mass is 534 g/mol. The molecule has 0 spiro atoms. The molecule has 32 heavy (non-hydrogen) atoms. The Morgan fingerprint density at radius 2 is 1.97 bits per heavy atom. The molecule has 0 fully saturated rings. The van der Waals surface area contributed by atoms with Gasteiger partial charge in [0.1, 0.15) is 0 Å². The maximum Gasteiger partial charge on any atom is 0.270 e. The minimum atomic E-state index is -4.00. The SMILES string of the molecule is Cc1ccccc1C(=O)Nc1nnc(S(=O)(=O)NCc2nc(-c3cccc(Br)c3)no2)s1. The summed E-state index contributed by atoms with van der Waals surface area (Å²) in [5.41, 5.74) is 1.96. The number of aromatic nitrogens is 4. The normalized spacial score (nSPS) is 11.4. The topological polar surface area (TPSA) is 140 Å². The molecule has 10 nitrogen and oxygen atoms in total. The van der Waals surface area contributed by atoms with Crippen LogP contribution in [0.5, 0.6) is 0 Å². The summed E-state index contributed by atoms with van der Waals surface area (Å²) in [5.74, 6) is 0.0147. The first-order valence-corrected chi connectivity index (χ1v) is 12.2. The molecule has 2 N–H and O–H groups in total. The molecule has 1 amide bonds. The van der Waals surface area contributed by atoms with Gasteiger partial charge in [0.15, 0.2) is 0 Å². The number of sulfonamides is 1. The van der Waals surface area contributed by atoms with Gasteiger partial charge in [-0.05, 0) is 30.7 Å².